The van der Waals surface area contributed by atoms with Gasteiger partial charge in [-0.1, -0.05) is 0 Å². The van der Waals surface area contributed by atoms with Crippen LogP contribution in [0.4, 0.5) is 0 Å². The van der Waals surface area contributed by atoms with Gasteiger partial charge in [-0.15, -0.1) is 0 Å². The number of ether oxygens (including phenoxy) is 1. The van der Waals surface area contributed by atoms with Crippen molar-refractivity contribution in [3.05, 3.63) is 0 Å². The summed E-state index contributed by atoms with van der Waals surface area (Å²) in [5.74, 6) is 0. The molecule has 0 bridgehead atoms. The molecule has 3 nitrogen and oxygen atoms in total. The molecular weight excluding hydrogens is 144 g/mol. The highest BCUT2D eigenvalue weighted by Crippen LogP contribution is 2.28. The first-order valence-corrected chi connectivity index (χ1v) is 3.99. The van der Waals surface area contributed by atoms with Crippen LogP contribution in [0.5, 0.6) is 0 Å². The summed E-state index contributed by atoms with van der Waals surface area (Å²) in [5, 5.41) is 19.1. The van der Waals surface area contributed by atoms with E-state index in [0.29, 0.717) is 6.42 Å². The van der Waals surface area contributed by atoms with Crippen LogP contribution in [0.3, 0.4) is 0 Å². The van der Waals surface area contributed by atoms with Crippen LogP contribution >= 0.6 is 0 Å². The van der Waals surface area contributed by atoms with Gasteiger partial charge in [-0.25, -0.2) is 0 Å². The largest absolute Gasteiger partial charge is 0.387 e. The lowest BCUT2D eigenvalue weighted by molar-refractivity contribution is -0.199. The fraction of sp³-hybridized carbons (Fsp3) is 1.00. The molecule has 0 saturated carbocycles. The maximum absolute atomic E-state index is 9.65. The van der Waals surface area contributed by atoms with Crippen molar-refractivity contribution in [3.8, 4) is 0 Å². The van der Waals surface area contributed by atoms with Crippen LogP contribution < -0.4 is 0 Å². The van der Waals surface area contributed by atoms with Crippen molar-refractivity contribution >= 4 is 0 Å². The van der Waals surface area contributed by atoms with Crippen molar-refractivity contribution in [2.45, 2.75) is 51.1 Å². The zero-order valence-corrected chi connectivity index (χ0v) is 7.24. The first-order valence-electron chi connectivity index (χ1n) is 3.99. The lowest BCUT2D eigenvalue weighted by Gasteiger charge is -2.41. The summed E-state index contributed by atoms with van der Waals surface area (Å²) < 4.78 is 5.32. The van der Waals surface area contributed by atoms with Crippen molar-refractivity contribution < 1.29 is 14.9 Å². The van der Waals surface area contributed by atoms with Gasteiger partial charge < -0.3 is 14.9 Å². The van der Waals surface area contributed by atoms with E-state index in [-0.39, 0.29) is 12.2 Å². The number of hydrogen-bond donors (Lipinski definition) is 2. The van der Waals surface area contributed by atoms with Crippen molar-refractivity contribution in [1.29, 1.82) is 0 Å². The Morgan fingerprint density at radius 1 is 1.45 bits per heavy atom. The first-order chi connectivity index (χ1) is 4.93. The quantitative estimate of drug-likeness (QED) is 0.535. The number of rotatable bonds is 0. The van der Waals surface area contributed by atoms with Crippen molar-refractivity contribution in [3.63, 3.8) is 0 Å². The molecule has 0 amide bonds. The summed E-state index contributed by atoms with van der Waals surface area (Å²) in [6.45, 7) is 5.32. The van der Waals surface area contributed by atoms with Gasteiger partial charge in [0.25, 0.3) is 0 Å². The van der Waals surface area contributed by atoms with Gasteiger partial charge >= 0.3 is 0 Å². The van der Waals surface area contributed by atoms with E-state index >= 15 is 0 Å². The predicted octanol–water partition coefficient (Wildman–Crippen LogP) is 0.296. The van der Waals surface area contributed by atoms with Crippen molar-refractivity contribution in [1.82, 2.24) is 0 Å². The third kappa shape index (κ3) is 1.72. The van der Waals surface area contributed by atoms with Crippen LogP contribution in [0.15, 0.2) is 0 Å². The zero-order valence-electron chi connectivity index (χ0n) is 7.24. The summed E-state index contributed by atoms with van der Waals surface area (Å²) in [5.41, 5.74) is -0.989. The minimum Gasteiger partial charge on any atom is -0.387 e. The number of hydrogen-bond acceptors (Lipinski definition) is 3. The third-order valence-corrected chi connectivity index (χ3v) is 2.23. The molecule has 2 N–H and O–H groups in total. The van der Waals surface area contributed by atoms with E-state index < -0.39 is 11.7 Å². The maximum Gasteiger partial charge on any atom is 0.108 e. The Kier molecular flexibility index (Phi) is 2.23. The molecule has 0 aromatic carbocycles. The van der Waals surface area contributed by atoms with E-state index in [1.807, 2.05) is 6.92 Å². The number of aliphatic hydroxyl groups excluding tert-OH is 1. The van der Waals surface area contributed by atoms with E-state index in [2.05, 4.69) is 0 Å². The average Bonchev–Trinajstić information content (AvgIpc) is 1.81. The normalized spacial score (nSPS) is 52.6. The minimum atomic E-state index is -0.989. The summed E-state index contributed by atoms with van der Waals surface area (Å²) in [6, 6.07) is 0. The topological polar surface area (TPSA) is 49.7 Å². The second kappa shape index (κ2) is 2.73. The van der Waals surface area contributed by atoms with Crippen LogP contribution in [0, 0.1) is 0 Å². The Morgan fingerprint density at radius 2 is 2.00 bits per heavy atom. The van der Waals surface area contributed by atoms with Gasteiger partial charge in [-0.2, -0.15) is 0 Å². The lowest BCUT2D eigenvalue weighted by atomic mass is 9.87. The Hall–Kier alpha value is -0.120. The van der Waals surface area contributed by atoms with Gasteiger partial charge in [0.1, 0.15) is 6.10 Å². The molecule has 1 fully saturated rings. The molecule has 1 rings (SSSR count). The molecule has 0 spiro atoms. The first kappa shape index (κ1) is 8.97. The maximum atomic E-state index is 9.65. The van der Waals surface area contributed by atoms with Crippen molar-refractivity contribution in [2.24, 2.45) is 0 Å². The van der Waals surface area contributed by atoms with Gasteiger partial charge in [0.2, 0.25) is 0 Å². The van der Waals surface area contributed by atoms with Crippen LogP contribution in [0.2, 0.25) is 0 Å². The fourth-order valence-corrected chi connectivity index (χ4v) is 1.70. The molecule has 1 heterocycles. The highest BCUT2D eigenvalue weighted by Gasteiger charge is 2.41. The van der Waals surface area contributed by atoms with E-state index in [4.69, 9.17) is 4.74 Å². The molecular formula is C8H16O3. The Balaban J connectivity index is 2.67. The van der Waals surface area contributed by atoms with Gasteiger partial charge in [-0.05, 0) is 20.8 Å². The zero-order chi connectivity index (χ0) is 8.65. The lowest BCUT2D eigenvalue weighted by Crippen LogP contribution is -2.53. The summed E-state index contributed by atoms with van der Waals surface area (Å²) in [6.07, 6.45) is -0.505. The van der Waals surface area contributed by atoms with E-state index in [1.165, 1.54) is 0 Å². The molecule has 11 heavy (non-hydrogen) atoms. The minimum absolute atomic E-state index is 0.0309. The summed E-state index contributed by atoms with van der Waals surface area (Å²) in [4.78, 5) is 0. The molecule has 0 aromatic heterocycles. The molecule has 4 atom stereocenters. The van der Waals surface area contributed by atoms with Gasteiger partial charge in [0.15, 0.2) is 0 Å². The molecule has 0 aromatic rings. The monoisotopic (exact) mass is 160 g/mol. The molecule has 1 aliphatic heterocycles. The second-order valence-corrected chi connectivity index (χ2v) is 3.66. The average molecular weight is 160 g/mol. The molecule has 66 valence electrons. The Morgan fingerprint density at radius 3 is 2.45 bits per heavy atom. The molecule has 1 aliphatic rings. The standard InChI is InChI=1S/C8H16O3/c1-5-4-8(3,10)7(9)6(2)11-5/h5-7,9-10H,4H2,1-3H3/t5?,6?,7-,8+/m0/s1. The van der Waals surface area contributed by atoms with Gasteiger partial charge in [-0.3, -0.25) is 0 Å². The molecule has 3 heteroatoms. The highest BCUT2D eigenvalue weighted by atomic mass is 16.5. The van der Waals surface area contributed by atoms with E-state index in [9.17, 15) is 10.2 Å². The summed E-state index contributed by atoms with van der Waals surface area (Å²) >= 11 is 0. The van der Waals surface area contributed by atoms with E-state index in [1.54, 1.807) is 13.8 Å². The Bertz CT molecular complexity index is 144. The number of aliphatic hydroxyl groups is 2. The second-order valence-electron chi connectivity index (χ2n) is 3.66. The van der Waals surface area contributed by atoms with Crippen LogP contribution in [0.1, 0.15) is 27.2 Å². The SMILES string of the molecule is CC1C[C@@](C)(O)[C@@H](O)C(C)O1. The van der Waals surface area contributed by atoms with Gasteiger partial charge in [0, 0.05) is 6.42 Å². The van der Waals surface area contributed by atoms with Crippen LogP contribution in [-0.4, -0.2) is 34.1 Å². The molecule has 2 unspecified atom stereocenters. The smallest absolute Gasteiger partial charge is 0.108 e. The predicted molar refractivity (Wildman–Crippen MR) is 41.3 cm³/mol. The highest BCUT2D eigenvalue weighted by molar-refractivity contribution is 4.91. The fourth-order valence-electron chi connectivity index (χ4n) is 1.70. The van der Waals surface area contributed by atoms with Crippen molar-refractivity contribution in [2.75, 3.05) is 0 Å². The summed E-state index contributed by atoms with van der Waals surface area (Å²) in [7, 11) is 0. The molecule has 0 radical (unpaired) electrons. The molecule has 1 saturated heterocycles. The van der Waals surface area contributed by atoms with E-state index in [0.717, 1.165) is 0 Å². The third-order valence-electron chi connectivity index (χ3n) is 2.23. The molecule has 0 aliphatic carbocycles. The van der Waals surface area contributed by atoms with Gasteiger partial charge in [0.05, 0.1) is 17.8 Å². The van der Waals surface area contributed by atoms with Crippen LogP contribution in [-0.2, 0) is 4.74 Å². The Labute approximate surface area is 67.0 Å². The van der Waals surface area contributed by atoms with Crippen LogP contribution in [0.25, 0.3) is 0 Å².